The second-order valence-corrected chi connectivity index (χ2v) is 5.54. The minimum absolute atomic E-state index is 0.00755. The third kappa shape index (κ3) is 2.62. The van der Waals surface area contributed by atoms with Gasteiger partial charge in [-0.2, -0.15) is 0 Å². The first kappa shape index (κ1) is 15.7. The second kappa shape index (κ2) is 5.81. The zero-order valence-corrected chi connectivity index (χ0v) is 12.8. The molecule has 0 fully saturated rings. The highest BCUT2D eigenvalue weighted by Crippen LogP contribution is 2.28. The van der Waals surface area contributed by atoms with E-state index >= 15 is 0 Å². The summed E-state index contributed by atoms with van der Waals surface area (Å²) in [5.74, 6) is -1.84. The zero-order valence-electron chi connectivity index (χ0n) is 12.8. The molecule has 0 aliphatic heterocycles. The van der Waals surface area contributed by atoms with Crippen molar-refractivity contribution in [1.82, 2.24) is 4.57 Å². The minimum Gasteiger partial charge on any atom is -0.507 e. The lowest BCUT2D eigenvalue weighted by Crippen LogP contribution is -2.22. The van der Waals surface area contributed by atoms with Gasteiger partial charge in [-0.15, -0.1) is 0 Å². The molecule has 0 aliphatic rings. The van der Waals surface area contributed by atoms with E-state index in [0.717, 1.165) is 0 Å². The maximum Gasteiger partial charge on any atom is 0.335 e. The summed E-state index contributed by atoms with van der Waals surface area (Å²) in [6.07, 6.45) is 0.0451. The molecule has 0 radical (unpaired) electrons. The molecule has 1 aromatic heterocycles. The molecule has 0 atom stereocenters. The molecule has 122 valence electrons. The number of rotatable bonds is 3. The fraction of sp³-hybridized carbons (Fsp3) is 0.111. The molecule has 5 nitrogen and oxygen atoms in total. The van der Waals surface area contributed by atoms with Gasteiger partial charge >= 0.3 is 5.97 Å². The van der Waals surface area contributed by atoms with Gasteiger partial charge in [-0.25, -0.2) is 9.18 Å². The molecule has 0 amide bonds. The van der Waals surface area contributed by atoms with Crippen molar-refractivity contribution in [1.29, 1.82) is 0 Å². The van der Waals surface area contributed by atoms with Crippen LogP contribution in [0.15, 0.2) is 47.3 Å². The Labute approximate surface area is 136 Å². The van der Waals surface area contributed by atoms with Crippen LogP contribution in [0.25, 0.3) is 10.9 Å². The molecule has 0 saturated heterocycles. The second-order valence-electron chi connectivity index (χ2n) is 5.54. The summed E-state index contributed by atoms with van der Waals surface area (Å²) in [5, 5.41) is 19.9. The van der Waals surface area contributed by atoms with Crippen molar-refractivity contribution in [2.45, 2.75) is 6.42 Å². The van der Waals surface area contributed by atoms with Crippen LogP contribution in [0.2, 0.25) is 0 Å². The summed E-state index contributed by atoms with van der Waals surface area (Å²) in [5.41, 5.74) is 0.653. The molecule has 3 rings (SSSR count). The van der Waals surface area contributed by atoms with Gasteiger partial charge in [0.15, 0.2) is 0 Å². The monoisotopic (exact) mass is 327 g/mol. The summed E-state index contributed by atoms with van der Waals surface area (Å²) in [7, 11) is 1.54. The Morgan fingerprint density at radius 1 is 1.21 bits per heavy atom. The molecule has 6 heteroatoms. The van der Waals surface area contributed by atoms with Crippen LogP contribution in [0.3, 0.4) is 0 Å². The largest absolute Gasteiger partial charge is 0.507 e. The summed E-state index contributed by atoms with van der Waals surface area (Å²) < 4.78 is 14.7. The number of carboxylic acid groups (broad SMARTS) is 1. The Kier molecular flexibility index (Phi) is 3.81. The number of aryl methyl sites for hydroxylation is 1. The summed E-state index contributed by atoms with van der Waals surface area (Å²) in [6, 6.07) is 9.93. The highest BCUT2D eigenvalue weighted by Gasteiger charge is 2.17. The Bertz CT molecular complexity index is 1020. The van der Waals surface area contributed by atoms with Crippen LogP contribution in [0.1, 0.15) is 21.5 Å². The Morgan fingerprint density at radius 2 is 1.96 bits per heavy atom. The molecule has 1 heterocycles. The van der Waals surface area contributed by atoms with Crippen molar-refractivity contribution in [3.63, 3.8) is 0 Å². The number of hydrogen-bond donors (Lipinski definition) is 2. The van der Waals surface area contributed by atoms with Crippen LogP contribution in [0, 0.1) is 5.82 Å². The van der Waals surface area contributed by atoms with Gasteiger partial charge in [0.2, 0.25) is 0 Å². The van der Waals surface area contributed by atoms with Gasteiger partial charge in [0.25, 0.3) is 5.56 Å². The number of halogens is 1. The number of carboxylic acids is 1. The van der Waals surface area contributed by atoms with E-state index in [1.54, 1.807) is 13.1 Å². The van der Waals surface area contributed by atoms with Crippen molar-refractivity contribution >= 4 is 16.9 Å². The molecular weight excluding hydrogens is 313 g/mol. The lowest BCUT2D eigenvalue weighted by Gasteiger charge is -2.12. The number of nitrogens with zero attached hydrogens (tertiary/aromatic N) is 1. The van der Waals surface area contributed by atoms with Gasteiger partial charge in [0.05, 0.1) is 16.6 Å². The van der Waals surface area contributed by atoms with Gasteiger partial charge < -0.3 is 14.8 Å². The highest BCUT2D eigenvalue weighted by molar-refractivity contribution is 5.95. The third-order valence-electron chi connectivity index (χ3n) is 3.98. The zero-order chi connectivity index (χ0) is 17.4. The van der Waals surface area contributed by atoms with E-state index in [-0.39, 0.29) is 28.7 Å². The predicted molar refractivity (Wildman–Crippen MR) is 87.0 cm³/mol. The van der Waals surface area contributed by atoms with Gasteiger partial charge in [-0.3, -0.25) is 4.79 Å². The van der Waals surface area contributed by atoms with E-state index in [9.17, 15) is 19.1 Å². The van der Waals surface area contributed by atoms with Crippen molar-refractivity contribution in [3.05, 3.63) is 75.3 Å². The fourth-order valence-electron chi connectivity index (χ4n) is 2.74. The van der Waals surface area contributed by atoms with Crippen molar-refractivity contribution in [2.24, 2.45) is 7.05 Å². The van der Waals surface area contributed by atoms with E-state index in [4.69, 9.17) is 5.11 Å². The van der Waals surface area contributed by atoms with Crippen LogP contribution < -0.4 is 5.56 Å². The number of aromatic hydroxyl groups is 1. The van der Waals surface area contributed by atoms with Crippen molar-refractivity contribution < 1.29 is 19.4 Å². The first-order valence-corrected chi connectivity index (χ1v) is 7.21. The quantitative estimate of drug-likeness (QED) is 0.775. The number of fused-ring (bicyclic) bond motifs is 1. The van der Waals surface area contributed by atoms with Crippen molar-refractivity contribution in [2.75, 3.05) is 0 Å². The normalized spacial score (nSPS) is 10.9. The molecule has 0 unspecified atom stereocenters. The Balaban J connectivity index is 2.24. The molecular formula is C18H14FNO4. The standard InChI is InChI=1S/C18H14FNO4/c1-20-15-6-5-11(18(23)24)9-13(15)16(21)14(17(20)22)8-10-3-2-4-12(19)7-10/h2-7,9,21H,8H2,1H3,(H,23,24). The SMILES string of the molecule is Cn1c(=O)c(Cc2cccc(F)c2)c(O)c2cc(C(=O)O)ccc21. The van der Waals surface area contributed by atoms with E-state index in [1.807, 2.05) is 0 Å². The van der Waals surface area contributed by atoms with E-state index in [1.165, 1.54) is 41.0 Å². The first-order chi connectivity index (χ1) is 11.4. The predicted octanol–water partition coefficient (Wildman–Crippen LogP) is 2.67. The third-order valence-corrected chi connectivity index (χ3v) is 3.98. The molecule has 0 bridgehead atoms. The smallest absolute Gasteiger partial charge is 0.335 e. The Hall–Kier alpha value is -3.15. The van der Waals surface area contributed by atoms with Gasteiger partial charge in [0, 0.05) is 18.9 Å². The van der Waals surface area contributed by atoms with Crippen LogP contribution in [0.5, 0.6) is 5.75 Å². The molecule has 0 aliphatic carbocycles. The minimum atomic E-state index is -1.13. The van der Waals surface area contributed by atoms with Gasteiger partial charge in [-0.1, -0.05) is 12.1 Å². The van der Waals surface area contributed by atoms with Crippen LogP contribution in [0.4, 0.5) is 4.39 Å². The van der Waals surface area contributed by atoms with E-state index in [2.05, 4.69) is 0 Å². The van der Waals surface area contributed by atoms with Crippen molar-refractivity contribution in [3.8, 4) is 5.75 Å². The first-order valence-electron chi connectivity index (χ1n) is 7.21. The molecule has 3 aromatic rings. The number of benzene rings is 2. The topological polar surface area (TPSA) is 79.5 Å². The highest BCUT2D eigenvalue weighted by atomic mass is 19.1. The molecule has 0 spiro atoms. The van der Waals surface area contributed by atoms with Crippen LogP contribution >= 0.6 is 0 Å². The van der Waals surface area contributed by atoms with Crippen LogP contribution in [-0.4, -0.2) is 20.7 Å². The lowest BCUT2D eigenvalue weighted by molar-refractivity contribution is 0.0697. The Morgan fingerprint density at radius 3 is 2.62 bits per heavy atom. The molecule has 0 saturated carbocycles. The summed E-state index contributed by atoms with van der Waals surface area (Å²) >= 11 is 0. The number of hydrogen-bond acceptors (Lipinski definition) is 3. The fourth-order valence-corrected chi connectivity index (χ4v) is 2.74. The average molecular weight is 327 g/mol. The number of pyridine rings is 1. The van der Waals surface area contributed by atoms with Gasteiger partial charge in [-0.05, 0) is 35.9 Å². The van der Waals surface area contributed by atoms with Crippen LogP contribution in [-0.2, 0) is 13.5 Å². The maximum atomic E-state index is 13.3. The lowest BCUT2D eigenvalue weighted by atomic mass is 10.0. The number of aromatic nitrogens is 1. The number of carbonyl (C=O) groups is 1. The summed E-state index contributed by atoms with van der Waals surface area (Å²) in [6.45, 7) is 0. The number of aromatic carboxylic acids is 1. The average Bonchev–Trinajstić information content (AvgIpc) is 2.56. The van der Waals surface area contributed by atoms with E-state index in [0.29, 0.717) is 11.1 Å². The molecule has 2 N–H and O–H groups in total. The molecule has 24 heavy (non-hydrogen) atoms. The maximum absolute atomic E-state index is 13.3. The van der Waals surface area contributed by atoms with Gasteiger partial charge in [0.1, 0.15) is 11.6 Å². The van der Waals surface area contributed by atoms with E-state index < -0.39 is 17.3 Å². The molecule has 2 aromatic carbocycles. The summed E-state index contributed by atoms with van der Waals surface area (Å²) in [4.78, 5) is 23.6.